The molecule has 8 heteroatoms. The van der Waals surface area contributed by atoms with Crippen molar-refractivity contribution in [1.29, 1.82) is 0 Å². The molecule has 0 aliphatic rings. The van der Waals surface area contributed by atoms with Gasteiger partial charge in [0.1, 0.15) is 11.4 Å². The summed E-state index contributed by atoms with van der Waals surface area (Å²) in [5, 5.41) is 5.22. The van der Waals surface area contributed by atoms with E-state index in [9.17, 15) is 9.59 Å². The summed E-state index contributed by atoms with van der Waals surface area (Å²) in [7, 11) is 1.57. The van der Waals surface area contributed by atoms with Gasteiger partial charge in [-0.3, -0.25) is 20.4 Å². The summed E-state index contributed by atoms with van der Waals surface area (Å²) < 4.78 is 6.93. The number of hydrogen-bond donors (Lipinski definition) is 2. The number of hydrogen-bond acceptors (Lipinski definition) is 4. The van der Waals surface area contributed by atoms with Gasteiger partial charge in [0.25, 0.3) is 5.91 Å². The fraction of sp³-hybridized carbons (Fsp3) is 0.0800. The van der Waals surface area contributed by atoms with Crippen molar-refractivity contribution in [2.75, 3.05) is 7.11 Å². The Morgan fingerprint density at radius 2 is 1.73 bits per heavy atom. The average Bonchev–Trinajstić information content (AvgIpc) is 3.30. The summed E-state index contributed by atoms with van der Waals surface area (Å²) in [5.74, 6) is -0.201. The normalized spacial score (nSPS) is 10.5. The highest BCUT2D eigenvalue weighted by atomic mass is 35.5. The first kappa shape index (κ1) is 22.1. The number of nitrogens with zero attached hydrogens (tertiary/aromatic N) is 2. The Morgan fingerprint density at radius 3 is 2.45 bits per heavy atom. The fourth-order valence-electron chi connectivity index (χ4n) is 3.26. The first-order chi connectivity index (χ1) is 16.0. The number of ether oxygens (including phenoxy) is 1. The second-order valence-corrected chi connectivity index (χ2v) is 7.65. The molecule has 0 fully saturated rings. The molecule has 1 aromatic heterocycles. The van der Waals surface area contributed by atoms with Gasteiger partial charge in [-0.15, -0.1) is 0 Å². The first-order valence-electron chi connectivity index (χ1n) is 10.2. The largest absolute Gasteiger partial charge is 0.497 e. The van der Waals surface area contributed by atoms with Gasteiger partial charge in [-0.2, -0.15) is 5.10 Å². The molecule has 4 rings (SSSR count). The topological polar surface area (TPSA) is 85.2 Å². The Balaban J connectivity index is 1.57. The van der Waals surface area contributed by atoms with Gasteiger partial charge in [-0.05, 0) is 42.0 Å². The summed E-state index contributed by atoms with van der Waals surface area (Å²) in [5.41, 5.74) is 8.00. The lowest BCUT2D eigenvalue weighted by atomic mass is 10.1. The van der Waals surface area contributed by atoms with Crippen LogP contribution < -0.4 is 15.6 Å². The highest BCUT2D eigenvalue weighted by molar-refractivity contribution is 6.30. The molecule has 0 bridgehead atoms. The second-order valence-electron chi connectivity index (χ2n) is 7.21. The van der Waals surface area contributed by atoms with Gasteiger partial charge in [-0.1, -0.05) is 54.1 Å². The number of carbonyl (C=O) groups is 2. The van der Waals surface area contributed by atoms with E-state index in [1.165, 1.54) is 0 Å². The van der Waals surface area contributed by atoms with Crippen molar-refractivity contribution in [2.45, 2.75) is 6.42 Å². The van der Waals surface area contributed by atoms with Crippen LogP contribution in [0.25, 0.3) is 16.9 Å². The minimum absolute atomic E-state index is 0.101. The molecule has 0 aliphatic carbocycles. The van der Waals surface area contributed by atoms with E-state index in [1.807, 2.05) is 48.5 Å². The third kappa shape index (κ3) is 5.39. The maximum Gasteiger partial charge on any atom is 0.273 e. The Labute approximate surface area is 195 Å². The number of hydrazine groups is 1. The number of benzene rings is 3. The van der Waals surface area contributed by atoms with Gasteiger partial charge in [0.15, 0.2) is 0 Å². The van der Waals surface area contributed by atoms with Gasteiger partial charge in [-0.25, -0.2) is 4.68 Å². The van der Waals surface area contributed by atoms with Crippen molar-refractivity contribution in [1.82, 2.24) is 20.6 Å². The van der Waals surface area contributed by atoms with Crippen LogP contribution in [0.1, 0.15) is 15.9 Å². The third-order valence-electron chi connectivity index (χ3n) is 4.92. The van der Waals surface area contributed by atoms with Crippen LogP contribution in [-0.2, 0) is 11.2 Å². The predicted molar refractivity (Wildman–Crippen MR) is 126 cm³/mol. The van der Waals surface area contributed by atoms with Crippen LogP contribution in [0.4, 0.5) is 0 Å². The zero-order valence-corrected chi connectivity index (χ0v) is 18.5. The van der Waals surface area contributed by atoms with Crippen LogP contribution in [0, 0.1) is 0 Å². The Kier molecular flexibility index (Phi) is 6.71. The van der Waals surface area contributed by atoms with Gasteiger partial charge >= 0.3 is 0 Å². The molecule has 2 N–H and O–H groups in total. The van der Waals surface area contributed by atoms with E-state index in [-0.39, 0.29) is 12.3 Å². The number of methoxy groups -OCH3 is 1. The number of carbonyl (C=O) groups excluding carboxylic acids is 2. The van der Waals surface area contributed by atoms with E-state index in [2.05, 4.69) is 16.0 Å². The smallest absolute Gasteiger partial charge is 0.273 e. The van der Waals surface area contributed by atoms with Crippen LogP contribution in [-0.4, -0.2) is 28.7 Å². The number of nitrogens with one attached hydrogen (secondary N) is 2. The van der Waals surface area contributed by atoms with Gasteiger partial charge in [0.05, 0.1) is 24.8 Å². The average molecular weight is 461 g/mol. The maximum absolute atomic E-state index is 13.0. The summed E-state index contributed by atoms with van der Waals surface area (Å²) in [6.45, 7) is 0. The lowest BCUT2D eigenvalue weighted by Crippen LogP contribution is -2.42. The van der Waals surface area contributed by atoms with Crippen molar-refractivity contribution in [2.24, 2.45) is 0 Å². The molecule has 1 heterocycles. The van der Waals surface area contributed by atoms with Crippen molar-refractivity contribution >= 4 is 23.4 Å². The minimum atomic E-state index is -0.487. The molecule has 0 atom stereocenters. The van der Waals surface area contributed by atoms with E-state index < -0.39 is 5.91 Å². The van der Waals surface area contributed by atoms with Gasteiger partial charge < -0.3 is 4.74 Å². The molecule has 0 aliphatic heterocycles. The first-order valence-corrected chi connectivity index (χ1v) is 10.5. The third-order valence-corrected chi connectivity index (χ3v) is 5.17. The number of amides is 2. The lowest BCUT2D eigenvalue weighted by molar-refractivity contribution is -0.121. The monoisotopic (exact) mass is 460 g/mol. The number of halogens is 1. The highest BCUT2D eigenvalue weighted by Crippen LogP contribution is 2.27. The number of para-hydroxylation sites is 1. The molecule has 0 saturated carbocycles. The van der Waals surface area contributed by atoms with Crippen molar-refractivity contribution < 1.29 is 14.3 Å². The molecular formula is C25H21ClN4O3. The van der Waals surface area contributed by atoms with Crippen LogP contribution in [0.5, 0.6) is 5.75 Å². The molecule has 7 nitrogen and oxygen atoms in total. The number of aromatic nitrogens is 2. The predicted octanol–water partition coefficient (Wildman–Crippen LogP) is 4.21. The Morgan fingerprint density at radius 1 is 0.970 bits per heavy atom. The van der Waals surface area contributed by atoms with Crippen LogP contribution in [0.15, 0.2) is 85.1 Å². The standard InChI is InChI=1S/C25H21ClN4O3/c1-33-21-9-5-6-18(15-21)24-22(16-30(29-24)20-7-3-2-4-8-20)25(32)28-27-23(31)14-17-10-12-19(26)13-11-17/h2-13,15-16H,14H2,1H3,(H,27,31)(H,28,32). The zero-order chi connectivity index (χ0) is 23.2. The fourth-order valence-corrected chi connectivity index (χ4v) is 3.39. The summed E-state index contributed by atoms with van der Waals surface area (Å²) in [6.07, 6.45) is 1.73. The van der Waals surface area contributed by atoms with Crippen LogP contribution in [0.2, 0.25) is 5.02 Å². The lowest BCUT2D eigenvalue weighted by Gasteiger charge is -2.08. The molecule has 166 valence electrons. The maximum atomic E-state index is 13.0. The van der Waals surface area contributed by atoms with Crippen molar-refractivity contribution in [3.05, 3.63) is 101 Å². The summed E-state index contributed by atoms with van der Waals surface area (Å²) >= 11 is 5.88. The Bertz CT molecular complexity index is 1270. The van der Waals surface area contributed by atoms with Crippen LogP contribution >= 0.6 is 11.6 Å². The van der Waals surface area contributed by atoms with Crippen molar-refractivity contribution in [3.63, 3.8) is 0 Å². The zero-order valence-electron chi connectivity index (χ0n) is 17.8. The van der Waals surface area contributed by atoms with Crippen molar-refractivity contribution in [3.8, 4) is 22.7 Å². The summed E-state index contributed by atoms with van der Waals surface area (Å²) in [6, 6.07) is 23.7. The van der Waals surface area contributed by atoms with E-state index in [0.29, 0.717) is 27.6 Å². The molecule has 33 heavy (non-hydrogen) atoms. The van der Waals surface area contributed by atoms with E-state index in [4.69, 9.17) is 16.3 Å². The molecular weight excluding hydrogens is 440 g/mol. The molecule has 4 aromatic rings. The van der Waals surface area contributed by atoms with E-state index in [1.54, 1.807) is 48.3 Å². The molecule has 0 saturated heterocycles. The molecule has 3 aromatic carbocycles. The highest BCUT2D eigenvalue weighted by Gasteiger charge is 2.19. The van der Waals surface area contributed by atoms with Gasteiger partial charge in [0, 0.05) is 16.8 Å². The molecule has 2 amide bonds. The molecule has 0 unspecified atom stereocenters. The quantitative estimate of drug-likeness (QED) is 0.422. The summed E-state index contributed by atoms with van der Waals surface area (Å²) in [4.78, 5) is 25.3. The second kappa shape index (κ2) is 10.0. The SMILES string of the molecule is COc1cccc(-c2nn(-c3ccccc3)cc2C(=O)NNC(=O)Cc2ccc(Cl)cc2)c1. The number of rotatable bonds is 6. The van der Waals surface area contributed by atoms with E-state index >= 15 is 0 Å². The van der Waals surface area contributed by atoms with E-state index in [0.717, 1.165) is 11.3 Å². The Hall–Kier alpha value is -4.10. The molecule has 0 spiro atoms. The van der Waals surface area contributed by atoms with Gasteiger partial charge in [0.2, 0.25) is 5.91 Å². The molecule has 0 radical (unpaired) electrons. The minimum Gasteiger partial charge on any atom is -0.497 e. The van der Waals surface area contributed by atoms with Crippen LogP contribution in [0.3, 0.4) is 0 Å².